The van der Waals surface area contributed by atoms with Crippen molar-refractivity contribution in [2.75, 3.05) is 11.5 Å². The van der Waals surface area contributed by atoms with Gasteiger partial charge in [0.25, 0.3) is 0 Å². The van der Waals surface area contributed by atoms with Crippen LogP contribution in [0.15, 0.2) is 24.3 Å². The highest BCUT2D eigenvalue weighted by Gasteiger charge is 2.18. The molecule has 0 saturated carbocycles. The number of rotatable bonds is 2. The van der Waals surface area contributed by atoms with Crippen molar-refractivity contribution < 1.29 is 4.79 Å². The Balaban J connectivity index is 2.66. The van der Waals surface area contributed by atoms with Gasteiger partial charge in [0.1, 0.15) is 11.4 Å². The third-order valence-electron chi connectivity index (χ3n) is 2.38. The number of para-hydroxylation sites is 1. The molecule has 1 aromatic heterocycles. The molecule has 1 aromatic carbocycles. The van der Waals surface area contributed by atoms with Gasteiger partial charge in [-0.15, -0.1) is 5.10 Å². The van der Waals surface area contributed by atoms with Crippen LogP contribution in [-0.4, -0.2) is 15.6 Å². The maximum Gasteiger partial charge on any atom is 0.167 e. The molecule has 0 aliphatic rings. The molecule has 2 rings (SSSR count). The van der Waals surface area contributed by atoms with Crippen molar-refractivity contribution >= 4 is 29.0 Å². The number of halogens is 1. The summed E-state index contributed by atoms with van der Waals surface area (Å²) in [5.74, 6) is 0.0799. The molecule has 88 valence electrons. The van der Waals surface area contributed by atoms with Gasteiger partial charge in [-0.2, -0.15) is 0 Å². The summed E-state index contributed by atoms with van der Waals surface area (Å²) in [5.41, 5.74) is 12.3. The predicted molar refractivity (Wildman–Crippen MR) is 67.4 cm³/mol. The number of anilines is 2. The molecule has 1 heterocycles. The van der Waals surface area contributed by atoms with Gasteiger partial charge in [-0.3, -0.25) is 4.79 Å². The van der Waals surface area contributed by atoms with E-state index < -0.39 is 0 Å². The summed E-state index contributed by atoms with van der Waals surface area (Å²) in [6.07, 6.45) is 0. The van der Waals surface area contributed by atoms with Crippen molar-refractivity contribution in [2.24, 2.45) is 0 Å². The van der Waals surface area contributed by atoms with E-state index in [4.69, 9.17) is 23.1 Å². The van der Waals surface area contributed by atoms with E-state index >= 15 is 0 Å². The molecule has 5 nitrogen and oxygen atoms in total. The average molecular weight is 251 g/mol. The number of nitrogen functional groups attached to an aromatic ring is 2. The molecule has 0 aliphatic heterocycles. The normalized spacial score (nSPS) is 10.5. The summed E-state index contributed by atoms with van der Waals surface area (Å²) in [7, 11) is 0. The maximum atomic E-state index is 11.4. The summed E-state index contributed by atoms with van der Waals surface area (Å²) >= 11 is 6.03. The zero-order valence-corrected chi connectivity index (χ0v) is 9.90. The second-order valence-corrected chi connectivity index (χ2v) is 3.97. The van der Waals surface area contributed by atoms with Gasteiger partial charge in [-0.05, 0) is 19.1 Å². The Kier molecular flexibility index (Phi) is 2.77. The summed E-state index contributed by atoms with van der Waals surface area (Å²) in [6.45, 7) is 1.39. The molecule has 17 heavy (non-hydrogen) atoms. The number of aromatic nitrogens is 2. The first-order valence-corrected chi connectivity index (χ1v) is 5.30. The molecule has 4 N–H and O–H groups in total. The van der Waals surface area contributed by atoms with Gasteiger partial charge in [0, 0.05) is 0 Å². The first kappa shape index (κ1) is 11.5. The summed E-state index contributed by atoms with van der Waals surface area (Å²) in [4.78, 5) is 11.4. The summed E-state index contributed by atoms with van der Waals surface area (Å²) in [6, 6.07) is 7.05. The number of carbonyl (C=O) groups excluding carboxylic acids is 1. The van der Waals surface area contributed by atoms with E-state index in [2.05, 4.69) is 5.10 Å². The largest absolute Gasteiger partial charge is 0.383 e. The lowest BCUT2D eigenvalue weighted by molar-refractivity contribution is 0.101. The van der Waals surface area contributed by atoms with Crippen LogP contribution in [-0.2, 0) is 0 Å². The lowest BCUT2D eigenvalue weighted by Gasteiger charge is -2.05. The van der Waals surface area contributed by atoms with Crippen molar-refractivity contribution in [3.05, 3.63) is 34.9 Å². The number of carbonyl (C=O) groups is 1. The van der Waals surface area contributed by atoms with Crippen molar-refractivity contribution in [1.29, 1.82) is 0 Å². The van der Waals surface area contributed by atoms with Crippen LogP contribution < -0.4 is 11.5 Å². The van der Waals surface area contributed by atoms with E-state index in [0.29, 0.717) is 10.7 Å². The average Bonchev–Trinajstić information content (AvgIpc) is 2.55. The Morgan fingerprint density at radius 3 is 2.53 bits per heavy atom. The number of ketones is 1. The van der Waals surface area contributed by atoms with Gasteiger partial charge < -0.3 is 11.5 Å². The fourth-order valence-corrected chi connectivity index (χ4v) is 1.83. The highest BCUT2D eigenvalue weighted by atomic mass is 35.5. The second kappa shape index (κ2) is 4.10. The Bertz CT molecular complexity index is 591. The standard InChI is InChI=1S/C11H11ClN4O/c1-6(17)9-10(13)15-16(11(9)14)8-5-3-2-4-7(8)12/h2-5H,14H2,1H3,(H2,13,15). The lowest BCUT2D eigenvalue weighted by atomic mass is 10.2. The SMILES string of the molecule is CC(=O)c1c(N)nn(-c2ccccc2Cl)c1N. The van der Waals surface area contributed by atoms with Gasteiger partial charge in [0.2, 0.25) is 0 Å². The molecule has 0 unspecified atom stereocenters. The van der Waals surface area contributed by atoms with Gasteiger partial charge in [-0.25, -0.2) is 4.68 Å². The Morgan fingerprint density at radius 1 is 1.35 bits per heavy atom. The van der Waals surface area contributed by atoms with Crippen LogP contribution in [0.25, 0.3) is 5.69 Å². The topological polar surface area (TPSA) is 86.9 Å². The van der Waals surface area contributed by atoms with Crippen LogP contribution in [0.3, 0.4) is 0 Å². The zero-order chi connectivity index (χ0) is 12.6. The van der Waals surface area contributed by atoms with Crippen LogP contribution in [0.2, 0.25) is 5.02 Å². The minimum atomic E-state index is -0.224. The molecule has 0 aliphatic carbocycles. The van der Waals surface area contributed by atoms with Crippen molar-refractivity contribution in [1.82, 2.24) is 9.78 Å². The monoisotopic (exact) mass is 250 g/mol. The number of hydrogen-bond donors (Lipinski definition) is 2. The molecule has 2 aromatic rings. The fourth-order valence-electron chi connectivity index (χ4n) is 1.62. The zero-order valence-electron chi connectivity index (χ0n) is 9.14. The van der Waals surface area contributed by atoms with Gasteiger partial charge in [0.05, 0.1) is 10.7 Å². The third-order valence-corrected chi connectivity index (χ3v) is 2.70. The number of hydrogen-bond acceptors (Lipinski definition) is 4. The van der Waals surface area contributed by atoms with E-state index in [0.717, 1.165) is 0 Å². The smallest absolute Gasteiger partial charge is 0.167 e. The van der Waals surface area contributed by atoms with E-state index in [1.807, 2.05) is 0 Å². The second-order valence-electron chi connectivity index (χ2n) is 3.56. The van der Waals surface area contributed by atoms with E-state index in [1.54, 1.807) is 24.3 Å². The van der Waals surface area contributed by atoms with E-state index in [9.17, 15) is 4.79 Å². The number of Topliss-reactive ketones (excluding diaryl/α,β-unsaturated/α-hetero) is 1. The van der Waals surface area contributed by atoms with Crippen molar-refractivity contribution in [2.45, 2.75) is 6.92 Å². The summed E-state index contributed by atoms with van der Waals surface area (Å²) < 4.78 is 1.37. The molecule has 0 spiro atoms. The van der Waals surface area contributed by atoms with Gasteiger partial charge >= 0.3 is 0 Å². The molecular weight excluding hydrogens is 240 g/mol. The number of nitrogens with zero attached hydrogens (tertiary/aromatic N) is 2. The van der Waals surface area contributed by atoms with Crippen LogP contribution in [0.1, 0.15) is 17.3 Å². The Morgan fingerprint density at radius 2 is 2.00 bits per heavy atom. The minimum Gasteiger partial charge on any atom is -0.383 e. The first-order chi connectivity index (χ1) is 8.02. The molecular formula is C11H11ClN4O. The fraction of sp³-hybridized carbons (Fsp3) is 0.0909. The lowest BCUT2D eigenvalue weighted by Crippen LogP contribution is -2.05. The molecule has 0 amide bonds. The third kappa shape index (κ3) is 1.85. The molecule has 6 heteroatoms. The minimum absolute atomic E-state index is 0.106. The summed E-state index contributed by atoms with van der Waals surface area (Å²) in [5, 5.41) is 4.51. The Labute approximate surface area is 103 Å². The van der Waals surface area contributed by atoms with Crippen LogP contribution >= 0.6 is 11.6 Å². The highest BCUT2D eigenvalue weighted by molar-refractivity contribution is 6.32. The van der Waals surface area contributed by atoms with E-state index in [1.165, 1.54) is 11.6 Å². The predicted octanol–water partition coefficient (Wildman–Crippen LogP) is 1.89. The van der Waals surface area contributed by atoms with Crippen molar-refractivity contribution in [3.63, 3.8) is 0 Å². The van der Waals surface area contributed by atoms with Crippen molar-refractivity contribution in [3.8, 4) is 5.69 Å². The molecule has 0 saturated heterocycles. The molecule has 0 fully saturated rings. The Hall–Kier alpha value is -2.01. The number of nitrogens with two attached hydrogens (primary N) is 2. The molecule has 0 radical (unpaired) electrons. The maximum absolute atomic E-state index is 11.4. The number of benzene rings is 1. The quantitative estimate of drug-likeness (QED) is 0.797. The first-order valence-electron chi connectivity index (χ1n) is 4.92. The van der Waals surface area contributed by atoms with Gasteiger partial charge in [0.15, 0.2) is 11.6 Å². The van der Waals surface area contributed by atoms with Gasteiger partial charge in [-0.1, -0.05) is 23.7 Å². The molecule has 0 bridgehead atoms. The van der Waals surface area contributed by atoms with Crippen LogP contribution in [0, 0.1) is 0 Å². The highest BCUT2D eigenvalue weighted by Crippen LogP contribution is 2.27. The molecule has 0 atom stereocenters. The van der Waals surface area contributed by atoms with E-state index in [-0.39, 0.29) is 23.0 Å². The van der Waals surface area contributed by atoms with Crippen LogP contribution in [0.4, 0.5) is 11.6 Å². The van der Waals surface area contributed by atoms with Crippen LogP contribution in [0.5, 0.6) is 0 Å².